The minimum atomic E-state index is -2.67. The molecule has 0 atom stereocenters. The Balaban J connectivity index is 1.39. The molecule has 0 radical (unpaired) electrons. The van der Waals surface area contributed by atoms with Gasteiger partial charge < -0.3 is 0 Å². The van der Waals surface area contributed by atoms with Crippen molar-refractivity contribution in [2.24, 2.45) is 0 Å². The van der Waals surface area contributed by atoms with Crippen LogP contribution in [0.25, 0.3) is 22.3 Å². The monoisotopic (exact) mass is 497 g/mol. The Morgan fingerprint density at radius 3 is 1.35 bits per heavy atom. The van der Waals surface area contributed by atoms with E-state index in [1.165, 1.54) is 55.3 Å². The summed E-state index contributed by atoms with van der Waals surface area (Å²) in [6.07, 6.45) is 0. The SMILES string of the molecule is c1ccc(-c2ccc3c(c2)[CH2][Ge]2([c]4ccccc4)[CH2]c4cc(-c5ccccc5)ccc4[N]32)cc1. The topological polar surface area (TPSA) is 3.24 Å². The van der Waals surface area contributed by atoms with E-state index in [0.717, 1.165) is 0 Å². The van der Waals surface area contributed by atoms with Crippen LogP contribution in [0, 0.1) is 0 Å². The average Bonchev–Trinajstić information content (AvgIpc) is 3.41. The number of benzene rings is 5. The molecule has 2 heteroatoms. The van der Waals surface area contributed by atoms with E-state index in [0.29, 0.717) is 0 Å². The van der Waals surface area contributed by atoms with Crippen molar-refractivity contribution in [3.05, 3.63) is 139 Å². The molecule has 0 aromatic heterocycles. The molecular formula is C32H25GeN. The third-order valence-electron chi connectivity index (χ3n) is 7.56. The fraction of sp³-hybridized carbons (Fsp3) is 0.0625. The van der Waals surface area contributed by atoms with Crippen LogP contribution in [-0.4, -0.2) is 13.5 Å². The summed E-state index contributed by atoms with van der Waals surface area (Å²) in [6.45, 7) is 0. The molecule has 2 aliphatic rings. The summed E-state index contributed by atoms with van der Waals surface area (Å²) in [5.74, 6) is 0. The van der Waals surface area contributed by atoms with Crippen molar-refractivity contribution in [1.82, 2.24) is 0 Å². The summed E-state index contributed by atoms with van der Waals surface area (Å²) in [7, 11) is 0. The van der Waals surface area contributed by atoms with Crippen molar-refractivity contribution >= 4 is 29.3 Å². The molecule has 5 aromatic carbocycles. The van der Waals surface area contributed by atoms with Crippen LogP contribution in [0.3, 0.4) is 0 Å². The van der Waals surface area contributed by atoms with Crippen LogP contribution in [-0.2, 0) is 10.5 Å². The molecule has 162 valence electrons. The van der Waals surface area contributed by atoms with Gasteiger partial charge in [-0.05, 0) is 0 Å². The predicted molar refractivity (Wildman–Crippen MR) is 145 cm³/mol. The van der Waals surface area contributed by atoms with E-state index in [2.05, 4.69) is 131 Å². The first kappa shape index (κ1) is 19.9. The normalized spacial score (nSPS) is 15.0. The van der Waals surface area contributed by atoms with Gasteiger partial charge in [0.05, 0.1) is 0 Å². The van der Waals surface area contributed by atoms with Gasteiger partial charge in [0.2, 0.25) is 0 Å². The van der Waals surface area contributed by atoms with E-state index in [9.17, 15) is 0 Å². The zero-order valence-corrected chi connectivity index (χ0v) is 21.1. The van der Waals surface area contributed by atoms with Crippen LogP contribution in [0.4, 0.5) is 11.4 Å². The Labute approximate surface area is 203 Å². The van der Waals surface area contributed by atoms with Crippen LogP contribution in [0.15, 0.2) is 127 Å². The fourth-order valence-electron chi connectivity index (χ4n) is 6.03. The Morgan fingerprint density at radius 2 is 0.882 bits per heavy atom. The first-order valence-corrected chi connectivity index (χ1v) is 17.0. The quantitative estimate of drug-likeness (QED) is 0.239. The molecule has 2 aliphatic heterocycles. The van der Waals surface area contributed by atoms with Crippen LogP contribution >= 0.6 is 0 Å². The van der Waals surface area contributed by atoms with E-state index >= 15 is 0 Å². The molecular weight excluding hydrogens is 471 g/mol. The van der Waals surface area contributed by atoms with Gasteiger partial charge in [-0.3, -0.25) is 0 Å². The number of anilines is 2. The number of rotatable bonds is 3. The van der Waals surface area contributed by atoms with Gasteiger partial charge in [0.15, 0.2) is 0 Å². The molecule has 0 spiro atoms. The van der Waals surface area contributed by atoms with E-state index < -0.39 is 13.5 Å². The molecule has 0 amide bonds. The molecule has 0 bridgehead atoms. The summed E-state index contributed by atoms with van der Waals surface area (Å²) in [4.78, 5) is 0. The Morgan fingerprint density at radius 1 is 0.441 bits per heavy atom. The maximum absolute atomic E-state index is 2.81. The Hall–Kier alpha value is -3.56. The van der Waals surface area contributed by atoms with E-state index in [1.807, 2.05) is 0 Å². The standard InChI is InChI=1S/C32H25GeN/c1-4-10-24(11-5-1)26-16-18-31-28(20-26)22-33(30-14-8-3-9-15-30)23-29-21-27(17-19-32(29)34(31)33)25-12-6-2-7-13-25/h1-21H,22-23H2. The maximum atomic E-state index is 2.81. The number of hydrogen-bond acceptors (Lipinski definition) is 1. The summed E-state index contributed by atoms with van der Waals surface area (Å²) < 4.78 is 4.39. The molecule has 0 saturated heterocycles. The second-order valence-electron chi connectivity index (χ2n) is 9.51. The molecule has 0 unspecified atom stereocenters. The van der Waals surface area contributed by atoms with Gasteiger partial charge in [0.25, 0.3) is 0 Å². The first-order valence-electron chi connectivity index (χ1n) is 12.0. The molecule has 0 fully saturated rings. The van der Waals surface area contributed by atoms with E-state index in [-0.39, 0.29) is 0 Å². The Kier molecular flexibility index (Phi) is 4.53. The van der Waals surface area contributed by atoms with Gasteiger partial charge in [-0.15, -0.1) is 0 Å². The van der Waals surface area contributed by atoms with E-state index in [1.54, 1.807) is 4.40 Å². The van der Waals surface area contributed by atoms with Crippen LogP contribution in [0.1, 0.15) is 11.1 Å². The zero-order chi connectivity index (χ0) is 22.5. The third kappa shape index (κ3) is 3.00. The van der Waals surface area contributed by atoms with Crippen molar-refractivity contribution < 1.29 is 0 Å². The van der Waals surface area contributed by atoms with Crippen molar-refractivity contribution in [2.45, 2.75) is 10.5 Å². The molecule has 1 nitrogen and oxygen atoms in total. The molecule has 7 rings (SSSR count). The van der Waals surface area contributed by atoms with E-state index in [4.69, 9.17) is 0 Å². The molecule has 34 heavy (non-hydrogen) atoms. The van der Waals surface area contributed by atoms with Gasteiger partial charge in [-0.25, -0.2) is 0 Å². The average molecular weight is 496 g/mol. The molecule has 2 heterocycles. The van der Waals surface area contributed by atoms with Crippen molar-refractivity contribution in [3.8, 4) is 22.3 Å². The summed E-state index contributed by atoms with van der Waals surface area (Å²) in [5, 5.41) is 2.41. The van der Waals surface area contributed by atoms with Gasteiger partial charge in [0.1, 0.15) is 0 Å². The van der Waals surface area contributed by atoms with Crippen LogP contribution in [0.5, 0.6) is 0 Å². The zero-order valence-electron chi connectivity index (χ0n) is 19.0. The minimum absolute atomic E-state index is 1.20. The van der Waals surface area contributed by atoms with Gasteiger partial charge in [-0.1, -0.05) is 0 Å². The Bertz CT molecular complexity index is 1400. The summed E-state index contributed by atoms with van der Waals surface area (Å²) in [6, 6.07) is 47.2. The third-order valence-corrected chi connectivity index (χ3v) is 17.4. The molecule has 0 aliphatic carbocycles. The number of fused-ring (bicyclic) bond motifs is 5. The van der Waals surface area contributed by atoms with Gasteiger partial charge in [-0.2, -0.15) is 0 Å². The van der Waals surface area contributed by atoms with Gasteiger partial charge in [0, 0.05) is 0 Å². The van der Waals surface area contributed by atoms with Crippen molar-refractivity contribution in [1.29, 1.82) is 0 Å². The van der Waals surface area contributed by atoms with Crippen molar-refractivity contribution in [3.63, 3.8) is 0 Å². The second kappa shape index (κ2) is 7.75. The second-order valence-corrected chi connectivity index (χ2v) is 17.5. The van der Waals surface area contributed by atoms with Crippen LogP contribution in [0.2, 0.25) is 0 Å². The van der Waals surface area contributed by atoms with Gasteiger partial charge >= 0.3 is 204 Å². The molecule has 5 aromatic rings. The summed E-state index contributed by atoms with van der Waals surface area (Å²) >= 11 is -2.67. The number of hydrogen-bond donors (Lipinski definition) is 0. The molecule has 0 N–H and O–H groups in total. The summed E-state index contributed by atoms with van der Waals surface area (Å²) in [5.41, 5.74) is 11.1. The fourth-order valence-corrected chi connectivity index (χ4v) is 16.7. The van der Waals surface area contributed by atoms with Crippen LogP contribution < -0.4 is 8.25 Å². The van der Waals surface area contributed by atoms with Crippen molar-refractivity contribution in [2.75, 3.05) is 3.86 Å². The molecule has 0 saturated carbocycles. The first-order chi connectivity index (χ1) is 16.8. The number of nitrogens with zero attached hydrogens (tertiary/aromatic N) is 1. The predicted octanol–water partition coefficient (Wildman–Crippen LogP) is 7.20.